The molecule has 70 valence electrons. The molecule has 2 nitrogen and oxygen atoms in total. The van der Waals surface area contributed by atoms with Gasteiger partial charge in [-0.2, -0.15) is 0 Å². The van der Waals surface area contributed by atoms with Crippen LogP contribution in [0.15, 0.2) is 24.3 Å². The van der Waals surface area contributed by atoms with Gasteiger partial charge in [0, 0.05) is 18.4 Å². The number of benzene rings is 1. The van der Waals surface area contributed by atoms with E-state index in [0.29, 0.717) is 6.04 Å². The summed E-state index contributed by atoms with van der Waals surface area (Å²) in [6, 6.07) is 9.07. The van der Waals surface area contributed by atoms with Crippen molar-refractivity contribution in [2.75, 3.05) is 13.7 Å². The molecule has 2 heteroatoms. The highest BCUT2D eigenvalue weighted by Crippen LogP contribution is 2.21. The van der Waals surface area contributed by atoms with E-state index in [-0.39, 0.29) is 0 Å². The Hall–Kier alpha value is -1.02. The molecule has 1 aromatic rings. The number of ether oxygens (including phenoxy) is 1. The molecule has 1 atom stereocenters. The molecule has 0 aliphatic carbocycles. The maximum atomic E-state index is 5.20. The Bertz CT molecular complexity index is 279. The number of nitrogens with two attached hydrogens (primary N) is 1. The Labute approximate surface area is 78.9 Å². The van der Waals surface area contributed by atoms with Gasteiger partial charge < -0.3 is 10.1 Å². The molecule has 1 aliphatic rings. The molecule has 1 aromatic carbocycles. The van der Waals surface area contributed by atoms with E-state index >= 15 is 0 Å². The third kappa shape index (κ3) is 1.83. The molecule has 0 aromatic heterocycles. The molecular formula is C11H16NO+. The van der Waals surface area contributed by atoms with Gasteiger partial charge in [-0.3, -0.25) is 0 Å². The fourth-order valence-corrected chi connectivity index (χ4v) is 1.95. The molecule has 0 radical (unpaired) electrons. The van der Waals surface area contributed by atoms with Crippen LogP contribution in [0.5, 0.6) is 5.75 Å². The van der Waals surface area contributed by atoms with Gasteiger partial charge in [-0.05, 0) is 12.1 Å². The number of hydrogen-bond donors (Lipinski definition) is 1. The highest BCUT2D eigenvalue weighted by Gasteiger charge is 2.20. The molecule has 2 N–H and O–H groups in total. The fraction of sp³-hybridized carbons (Fsp3) is 0.455. The number of hydrogen-bond acceptors (Lipinski definition) is 1. The molecular weight excluding hydrogens is 162 g/mol. The smallest absolute Gasteiger partial charge is 0.119 e. The first-order valence-electron chi connectivity index (χ1n) is 4.87. The zero-order valence-electron chi connectivity index (χ0n) is 7.99. The molecule has 0 bridgehead atoms. The molecule has 0 unspecified atom stereocenters. The van der Waals surface area contributed by atoms with Crippen LogP contribution in [0.1, 0.15) is 24.4 Å². The average molecular weight is 178 g/mol. The van der Waals surface area contributed by atoms with E-state index in [1.165, 1.54) is 24.9 Å². The van der Waals surface area contributed by atoms with Gasteiger partial charge in [0.2, 0.25) is 0 Å². The SMILES string of the molecule is COc1cccc([C@H]2CCC[NH2+]2)c1. The summed E-state index contributed by atoms with van der Waals surface area (Å²) in [5.41, 5.74) is 1.40. The second-order valence-electron chi connectivity index (χ2n) is 3.55. The summed E-state index contributed by atoms with van der Waals surface area (Å²) in [5, 5.41) is 2.41. The Kier molecular flexibility index (Phi) is 2.50. The lowest BCUT2D eigenvalue weighted by atomic mass is 10.1. The van der Waals surface area contributed by atoms with E-state index in [1.807, 2.05) is 6.07 Å². The Morgan fingerprint density at radius 2 is 2.38 bits per heavy atom. The second-order valence-corrected chi connectivity index (χ2v) is 3.55. The van der Waals surface area contributed by atoms with Gasteiger partial charge in [0.1, 0.15) is 11.8 Å². The standard InChI is InChI=1S/C11H15NO/c1-13-10-5-2-4-9(8-10)11-6-3-7-12-11/h2,4-5,8,11-12H,3,6-7H2,1H3/p+1/t11-/m1/s1. The first-order valence-corrected chi connectivity index (χ1v) is 4.87. The summed E-state index contributed by atoms with van der Waals surface area (Å²) in [5.74, 6) is 0.970. The van der Waals surface area contributed by atoms with Crippen LogP contribution in [0.3, 0.4) is 0 Å². The van der Waals surface area contributed by atoms with E-state index in [4.69, 9.17) is 4.74 Å². The monoisotopic (exact) mass is 178 g/mol. The predicted molar refractivity (Wildman–Crippen MR) is 51.8 cm³/mol. The lowest BCUT2D eigenvalue weighted by molar-refractivity contribution is -0.676. The van der Waals surface area contributed by atoms with Crippen LogP contribution in [0.4, 0.5) is 0 Å². The summed E-state index contributed by atoms with van der Waals surface area (Å²) < 4.78 is 5.20. The zero-order valence-corrected chi connectivity index (χ0v) is 7.99. The average Bonchev–Trinajstić information content (AvgIpc) is 2.71. The van der Waals surface area contributed by atoms with Crippen molar-refractivity contribution in [2.45, 2.75) is 18.9 Å². The summed E-state index contributed by atoms with van der Waals surface area (Å²) in [6.07, 6.45) is 2.63. The largest absolute Gasteiger partial charge is 0.497 e. The highest BCUT2D eigenvalue weighted by molar-refractivity contribution is 5.29. The summed E-state index contributed by atoms with van der Waals surface area (Å²) >= 11 is 0. The normalized spacial score (nSPS) is 21.8. The number of methoxy groups -OCH3 is 1. The van der Waals surface area contributed by atoms with Crippen molar-refractivity contribution in [3.05, 3.63) is 29.8 Å². The van der Waals surface area contributed by atoms with Crippen LogP contribution in [0.2, 0.25) is 0 Å². The lowest BCUT2D eigenvalue weighted by Crippen LogP contribution is -2.81. The first-order chi connectivity index (χ1) is 6.40. The minimum Gasteiger partial charge on any atom is -0.497 e. The zero-order chi connectivity index (χ0) is 9.10. The molecule has 1 heterocycles. The van der Waals surface area contributed by atoms with Crippen LogP contribution in [-0.4, -0.2) is 13.7 Å². The minimum atomic E-state index is 0.662. The van der Waals surface area contributed by atoms with Crippen LogP contribution >= 0.6 is 0 Å². The van der Waals surface area contributed by atoms with Crippen molar-refractivity contribution >= 4 is 0 Å². The minimum absolute atomic E-state index is 0.662. The van der Waals surface area contributed by atoms with Crippen LogP contribution in [0.25, 0.3) is 0 Å². The molecule has 0 amide bonds. The van der Waals surface area contributed by atoms with Crippen LogP contribution in [0, 0.1) is 0 Å². The van der Waals surface area contributed by atoms with Crippen molar-refractivity contribution in [1.29, 1.82) is 0 Å². The van der Waals surface area contributed by atoms with E-state index in [9.17, 15) is 0 Å². The molecule has 1 aliphatic heterocycles. The van der Waals surface area contributed by atoms with Crippen LogP contribution in [-0.2, 0) is 0 Å². The molecule has 1 fully saturated rings. The quantitative estimate of drug-likeness (QED) is 0.721. The fourth-order valence-electron chi connectivity index (χ4n) is 1.95. The topological polar surface area (TPSA) is 25.8 Å². The highest BCUT2D eigenvalue weighted by atomic mass is 16.5. The molecule has 0 spiro atoms. The lowest BCUT2D eigenvalue weighted by Gasteiger charge is -2.08. The molecule has 1 saturated heterocycles. The third-order valence-electron chi connectivity index (χ3n) is 2.69. The number of rotatable bonds is 2. The number of quaternary nitrogens is 1. The second kappa shape index (κ2) is 3.79. The van der Waals surface area contributed by atoms with E-state index in [1.54, 1.807) is 7.11 Å². The van der Waals surface area contributed by atoms with Crippen molar-refractivity contribution in [3.8, 4) is 5.75 Å². The third-order valence-corrected chi connectivity index (χ3v) is 2.69. The Balaban J connectivity index is 2.18. The Morgan fingerprint density at radius 1 is 1.46 bits per heavy atom. The predicted octanol–water partition coefficient (Wildman–Crippen LogP) is 1.09. The Morgan fingerprint density at radius 3 is 3.08 bits per heavy atom. The van der Waals surface area contributed by atoms with Gasteiger partial charge in [0.15, 0.2) is 0 Å². The first kappa shape index (κ1) is 8.57. The molecule has 13 heavy (non-hydrogen) atoms. The van der Waals surface area contributed by atoms with Gasteiger partial charge >= 0.3 is 0 Å². The van der Waals surface area contributed by atoms with Gasteiger partial charge in [-0.1, -0.05) is 12.1 Å². The summed E-state index contributed by atoms with van der Waals surface area (Å²) in [4.78, 5) is 0. The van der Waals surface area contributed by atoms with E-state index in [2.05, 4.69) is 23.5 Å². The summed E-state index contributed by atoms with van der Waals surface area (Å²) in [6.45, 7) is 1.27. The van der Waals surface area contributed by atoms with Crippen LogP contribution < -0.4 is 10.1 Å². The van der Waals surface area contributed by atoms with Crippen molar-refractivity contribution in [2.24, 2.45) is 0 Å². The van der Waals surface area contributed by atoms with Crippen molar-refractivity contribution in [3.63, 3.8) is 0 Å². The molecule has 0 saturated carbocycles. The van der Waals surface area contributed by atoms with Crippen molar-refractivity contribution in [1.82, 2.24) is 0 Å². The maximum Gasteiger partial charge on any atom is 0.119 e. The molecule has 2 rings (SSSR count). The van der Waals surface area contributed by atoms with E-state index < -0.39 is 0 Å². The van der Waals surface area contributed by atoms with Gasteiger partial charge in [0.05, 0.1) is 13.7 Å². The van der Waals surface area contributed by atoms with E-state index in [0.717, 1.165) is 5.75 Å². The summed E-state index contributed by atoms with van der Waals surface area (Å²) in [7, 11) is 1.72. The van der Waals surface area contributed by atoms with Gasteiger partial charge in [-0.25, -0.2) is 0 Å². The van der Waals surface area contributed by atoms with Gasteiger partial charge in [-0.15, -0.1) is 0 Å². The van der Waals surface area contributed by atoms with Gasteiger partial charge in [0.25, 0.3) is 0 Å². The van der Waals surface area contributed by atoms with Crippen molar-refractivity contribution < 1.29 is 10.1 Å². The maximum absolute atomic E-state index is 5.20.